The molecule has 102 valence electrons. The van der Waals surface area contributed by atoms with Gasteiger partial charge >= 0.3 is 0 Å². The van der Waals surface area contributed by atoms with Crippen LogP contribution in [-0.4, -0.2) is 6.54 Å². The van der Waals surface area contributed by atoms with Crippen molar-refractivity contribution in [2.45, 2.75) is 53.5 Å². The molecule has 1 aromatic carbocycles. The van der Waals surface area contributed by atoms with Crippen molar-refractivity contribution < 1.29 is 4.39 Å². The Labute approximate surface area is 111 Å². The minimum Gasteiger partial charge on any atom is -0.310 e. The van der Waals surface area contributed by atoms with Crippen molar-refractivity contribution in [2.24, 2.45) is 5.41 Å². The van der Waals surface area contributed by atoms with E-state index < -0.39 is 0 Å². The van der Waals surface area contributed by atoms with Gasteiger partial charge < -0.3 is 5.32 Å². The van der Waals surface area contributed by atoms with Crippen LogP contribution in [0.25, 0.3) is 0 Å². The fraction of sp³-hybridized carbons (Fsp3) is 0.625. The molecular formula is C16H26FN. The molecule has 18 heavy (non-hydrogen) atoms. The zero-order valence-electron chi connectivity index (χ0n) is 12.3. The number of nitrogens with one attached hydrogen (secondary N) is 1. The predicted octanol–water partition coefficient (Wildman–Crippen LogP) is 4.61. The third kappa shape index (κ3) is 5.18. The topological polar surface area (TPSA) is 12.0 Å². The Kier molecular flexibility index (Phi) is 5.33. The zero-order valence-corrected chi connectivity index (χ0v) is 12.3. The quantitative estimate of drug-likeness (QED) is 0.805. The molecule has 0 radical (unpaired) electrons. The maximum absolute atomic E-state index is 13.5. The molecule has 0 bridgehead atoms. The molecule has 1 unspecified atom stereocenters. The summed E-state index contributed by atoms with van der Waals surface area (Å²) in [4.78, 5) is 0. The summed E-state index contributed by atoms with van der Waals surface area (Å²) in [6.07, 6.45) is 2.17. The van der Waals surface area contributed by atoms with Crippen molar-refractivity contribution in [1.82, 2.24) is 5.32 Å². The molecule has 0 aliphatic carbocycles. The van der Waals surface area contributed by atoms with E-state index in [9.17, 15) is 4.39 Å². The standard InChI is InChI=1S/C16H26FN/c1-6-18-15(7-8-16(3,4)5)13-9-12(2)10-14(17)11-13/h9-11,15,18H,6-8H2,1-5H3. The summed E-state index contributed by atoms with van der Waals surface area (Å²) < 4.78 is 13.5. The largest absolute Gasteiger partial charge is 0.310 e. The van der Waals surface area contributed by atoms with Crippen molar-refractivity contribution in [3.8, 4) is 0 Å². The molecule has 0 aromatic heterocycles. The number of aryl methyl sites for hydroxylation is 1. The molecule has 0 spiro atoms. The molecule has 2 heteroatoms. The van der Waals surface area contributed by atoms with Crippen molar-refractivity contribution >= 4 is 0 Å². The summed E-state index contributed by atoms with van der Waals surface area (Å²) in [5, 5.41) is 3.46. The van der Waals surface area contributed by atoms with E-state index in [-0.39, 0.29) is 11.9 Å². The first-order valence-corrected chi connectivity index (χ1v) is 6.82. The lowest BCUT2D eigenvalue weighted by Gasteiger charge is -2.24. The Morgan fingerprint density at radius 2 is 1.89 bits per heavy atom. The van der Waals surface area contributed by atoms with Gasteiger partial charge in [-0.25, -0.2) is 4.39 Å². The molecule has 0 aliphatic rings. The monoisotopic (exact) mass is 251 g/mol. The average molecular weight is 251 g/mol. The van der Waals surface area contributed by atoms with Crippen LogP contribution in [-0.2, 0) is 0 Å². The minimum atomic E-state index is -0.135. The van der Waals surface area contributed by atoms with E-state index in [0.717, 1.165) is 30.5 Å². The highest BCUT2D eigenvalue weighted by Gasteiger charge is 2.16. The normalized spacial score (nSPS) is 13.7. The number of halogens is 1. The molecule has 0 heterocycles. The van der Waals surface area contributed by atoms with Crippen molar-refractivity contribution in [1.29, 1.82) is 0 Å². The molecule has 1 N–H and O–H groups in total. The number of benzene rings is 1. The van der Waals surface area contributed by atoms with Gasteiger partial charge in [0.05, 0.1) is 0 Å². The van der Waals surface area contributed by atoms with Crippen molar-refractivity contribution in [3.05, 3.63) is 35.1 Å². The van der Waals surface area contributed by atoms with Crippen LogP contribution in [0.2, 0.25) is 0 Å². The lowest BCUT2D eigenvalue weighted by Crippen LogP contribution is -2.22. The first kappa shape index (κ1) is 15.2. The van der Waals surface area contributed by atoms with Crippen LogP contribution in [0.3, 0.4) is 0 Å². The van der Waals surface area contributed by atoms with Gasteiger partial charge in [0.15, 0.2) is 0 Å². The van der Waals surface area contributed by atoms with E-state index in [1.807, 2.05) is 6.92 Å². The molecule has 0 saturated heterocycles. The SMILES string of the molecule is CCNC(CCC(C)(C)C)c1cc(C)cc(F)c1. The zero-order chi connectivity index (χ0) is 13.8. The summed E-state index contributed by atoms with van der Waals surface area (Å²) in [7, 11) is 0. The van der Waals surface area contributed by atoms with Crippen LogP contribution in [0.15, 0.2) is 18.2 Å². The first-order valence-electron chi connectivity index (χ1n) is 6.82. The molecule has 1 atom stereocenters. The number of hydrogen-bond donors (Lipinski definition) is 1. The summed E-state index contributed by atoms with van der Waals surface area (Å²) in [5.41, 5.74) is 2.37. The Hall–Kier alpha value is -0.890. The van der Waals surface area contributed by atoms with E-state index >= 15 is 0 Å². The molecule has 0 amide bonds. The summed E-state index contributed by atoms with van der Waals surface area (Å²) in [6, 6.07) is 5.57. The lowest BCUT2D eigenvalue weighted by atomic mass is 9.87. The molecule has 0 aliphatic heterocycles. The second kappa shape index (κ2) is 6.33. The molecular weight excluding hydrogens is 225 g/mol. The molecule has 0 fully saturated rings. The van der Waals surface area contributed by atoms with Crippen LogP contribution in [0.5, 0.6) is 0 Å². The van der Waals surface area contributed by atoms with Gasteiger partial charge in [-0.3, -0.25) is 0 Å². The second-order valence-corrected chi connectivity index (χ2v) is 6.27. The Morgan fingerprint density at radius 1 is 1.22 bits per heavy atom. The molecule has 1 rings (SSSR count). The highest BCUT2D eigenvalue weighted by molar-refractivity contribution is 5.26. The van der Waals surface area contributed by atoms with E-state index in [2.05, 4.69) is 39.1 Å². The predicted molar refractivity (Wildman–Crippen MR) is 76.2 cm³/mol. The van der Waals surface area contributed by atoms with E-state index in [1.54, 1.807) is 12.1 Å². The van der Waals surface area contributed by atoms with Crippen molar-refractivity contribution in [3.63, 3.8) is 0 Å². The van der Waals surface area contributed by atoms with Crippen molar-refractivity contribution in [2.75, 3.05) is 6.54 Å². The van der Waals surface area contributed by atoms with Crippen LogP contribution >= 0.6 is 0 Å². The maximum Gasteiger partial charge on any atom is 0.123 e. The summed E-state index contributed by atoms with van der Waals surface area (Å²) >= 11 is 0. The van der Waals surface area contributed by atoms with E-state index in [4.69, 9.17) is 0 Å². The smallest absolute Gasteiger partial charge is 0.123 e. The van der Waals surface area contributed by atoms with Gasteiger partial charge in [-0.05, 0) is 55.0 Å². The Balaban J connectivity index is 2.83. The maximum atomic E-state index is 13.5. The third-order valence-corrected chi connectivity index (χ3v) is 3.10. The fourth-order valence-corrected chi connectivity index (χ4v) is 2.18. The lowest BCUT2D eigenvalue weighted by molar-refractivity contribution is 0.333. The van der Waals surface area contributed by atoms with Gasteiger partial charge in [-0.2, -0.15) is 0 Å². The van der Waals surface area contributed by atoms with E-state index in [1.165, 1.54) is 0 Å². The highest BCUT2D eigenvalue weighted by Crippen LogP contribution is 2.28. The van der Waals surface area contributed by atoms with Gasteiger partial charge in [0.1, 0.15) is 5.82 Å². The third-order valence-electron chi connectivity index (χ3n) is 3.10. The van der Waals surface area contributed by atoms with Gasteiger partial charge in [0, 0.05) is 6.04 Å². The van der Waals surface area contributed by atoms with Gasteiger partial charge in [0.2, 0.25) is 0 Å². The van der Waals surface area contributed by atoms with Gasteiger partial charge in [-0.1, -0.05) is 33.8 Å². The molecule has 0 saturated carbocycles. The van der Waals surface area contributed by atoms with Gasteiger partial charge in [-0.15, -0.1) is 0 Å². The second-order valence-electron chi connectivity index (χ2n) is 6.27. The van der Waals surface area contributed by atoms with Crippen LogP contribution < -0.4 is 5.32 Å². The van der Waals surface area contributed by atoms with Gasteiger partial charge in [0.25, 0.3) is 0 Å². The summed E-state index contributed by atoms with van der Waals surface area (Å²) in [6.45, 7) is 11.7. The average Bonchev–Trinajstić information content (AvgIpc) is 2.21. The van der Waals surface area contributed by atoms with Crippen LogP contribution in [0.1, 0.15) is 57.7 Å². The Morgan fingerprint density at radius 3 is 2.39 bits per heavy atom. The first-order chi connectivity index (χ1) is 8.31. The molecule has 1 nitrogen and oxygen atoms in total. The molecule has 1 aromatic rings. The van der Waals surface area contributed by atoms with E-state index in [0.29, 0.717) is 5.41 Å². The number of rotatable bonds is 5. The minimum absolute atomic E-state index is 0.135. The number of hydrogen-bond acceptors (Lipinski definition) is 1. The Bertz CT molecular complexity index is 359. The highest BCUT2D eigenvalue weighted by atomic mass is 19.1. The van der Waals surface area contributed by atoms with Crippen LogP contribution in [0, 0.1) is 18.2 Å². The van der Waals surface area contributed by atoms with Crippen LogP contribution in [0.4, 0.5) is 4.39 Å². The summed E-state index contributed by atoms with van der Waals surface area (Å²) in [5.74, 6) is -0.135. The fourth-order valence-electron chi connectivity index (χ4n) is 2.18.